The van der Waals surface area contributed by atoms with Crippen LogP contribution in [0.25, 0.3) is 0 Å². The lowest BCUT2D eigenvalue weighted by Gasteiger charge is -2.20. The predicted octanol–water partition coefficient (Wildman–Crippen LogP) is -0.0234. The van der Waals surface area contributed by atoms with Crippen molar-refractivity contribution in [2.75, 3.05) is 0 Å². The van der Waals surface area contributed by atoms with Crippen molar-refractivity contribution in [2.24, 2.45) is 0 Å². The first-order valence-electron chi connectivity index (χ1n) is 2.43. The Morgan fingerprint density at radius 2 is 1.00 bits per heavy atom. The summed E-state index contributed by atoms with van der Waals surface area (Å²) in [5.41, 5.74) is 0. The van der Waals surface area contributed by atoms with Gasteiger partial charge in [-0.05, 0) is 0 Å². The highest BCUT2D eigenvalue weighted by molar-refractivity contribution is 7.78. The fraction of sp³-hybridized carbons (Fsp3) is 1.00. The van der Waals surface area contributed by atoms with Gasteiger partial charge in [-0.3, -0.25) is 0 Å². The Labute approximate surface area is 97.2 Å². The molecule has 0 aliphatic heterocycles. The number of halogens is 4. The molecule has 0 rings (SSSR count). The van der Waals surface area contributed by atoms with Crippen LogP contribution in [0.1, 0.15) is 0 Å². The molecule has 0 aliphatic rings. The molecule has 0 aliphatic carbocycles. The van der Waals surface area contributed by atoms with Crippen LogP contribution >= 0.6 is 46.4 Å². The van der Waals surface area contributed by atoms with Crippen LogP contribution < -0.4 is 5.32 Å². The molecule has 0 saturated heterocycles. The second-order valence-electron chi connectivity index (χ2n) is 1.72. The summed E-state index contributed by atoms with van der Waals surface area (Å²) in [4.78, 5) is 0. The molecule has 13 heavy (non-hydrogen) atoms. The second kappa shape index (κ2) is 4.69. The number of rotatable bonds is 4. The standard InChI is InChI=1S/C2H3Cl4NO4S2/c3-1(4,12(8)9)7-2(5,6)13(10)11/h7,12-13H. The van der Waals surface area contributed by atoms with E-state index in [4.69, 9.17) is 46.4 Å². The number of hydrogen-bond donors (Lipinski definition) is 3. The van der Waals surface area contributed by atoms with Crippen molar-refractivity contribution in [3.63, 3.8) is 0 Å². The number of alkyl halides is 4. The monoisotopic (exact) mass is 309 g/mol. The van der Waals surface area contributed by atoms with Gasteiger partial charge in [-0.25, -0.2) is 22.2 Å². The van der Waals surface area contributed by atoms with Crippen molar-refractivity contribution in [1.29, 1.82) is 0 Å². The minimum atomic E-state index is -3.35. The molecule has 0 fully saturated rings. The van der Waals surface area contributed by atoms with E-state index in [9.17, 15) is 16.8 Å². The number of nitrogens with one attached hydrogen (secondary N) is 1. The first kappa shape index (κ1) is 14.0. The molecule has 5 nitrogen and oxygen atoms in total. The van der Waals surface area contributed by atoms with Gasteiger partial charge in [0.05, 0.1) is 0 Å². The summed E-state index contributed by atoms with van der Waals surface area (Å²) >= 11 is 20.5. The van der Waals surface area contributed by atoms with Crippen molar-refractivity contribution in [2.45, 2.75) is 7.58 Å². The average molecular weight is 311 g/mol. The minimum Gasteiger partial charge on any atom is -0.229 e. The van der Waals surface area contributed by atoms with E-state index in [1.165, 1.54) is 0 Å². The Morgan fingerprint density at radius 3 is 1.15 bits per heavy atom. The highest BCUT2D eigenvalue weighted by Gasteiger charge is 2.40. The molecule has 0 radical (unpaired) electrons. The van der Waals surface area contributed by atoms with Gasteiger partial charge in [-0.15, -0.1) is 0 Å². The second-order valence-corrected chi connectivity index (χ2v) is 7.80. The van der Waals surface area contributed by atoms with E-state index >= 15 is 0 Å². The zero-order valence-corrected chi connectivity index (χ0v) is 10.4. The van der Waals surface area contributed by atoms with Gasteiger partial charge in [0.1, 0.15) is 0 Å². The van der Waals surface area contributed by atoms with Crippen molar-refractivity contribution in [3.05, 3.63) is 0 Å². The van der Waals surface area contributed by atoms with Crippen molar-refractivity contribution < 1.29 is 16.8 Å². The lowest BCUT2D eigenvalue weighted by molar-refractivity contribution is 0.575. The van der Waals surface area contributed by atoms with Gasteiger partial charge in [-0.2, -0.15) is 0 Å². The quantitative estimate of drug-likeness (QED) is 0.386. The highest BCUT2D eigenvalue weighted by Crippen LogP contribution is 2.27. The Morgan fingerprint density at radius 1 is 0.769 bits per heavy atom. The molecular formula is C2H3Cl4NO4S2. The largest absolute Gasteiger partial charge is 0.272 e. The molecule has 0 aromatic heterocycles. The van der Waals surface area contributed by atoms with Gasteiger partial charge in [-0.1, -0.05) is 46.4 Å². The Balaban J connectivity index is 4.81. The van der Waals surface area contributed by atoms with Gasteiger partial charge in [0.25, 0.3) is 7.58 Å². The Hall–Kier alpha value is 1.02. The smallest absolute Gasteiger partial charge is 0.229 e. The third-order valence-corrected chi connectivity index (χ3v) is 3.93. The predicted molar refractivity (Wildman–Crippen MR) is 52.6 cm³/mol. The first-order chi connectivity index (χ1) is 5.59. The van der Waals surface area contributed by atoms with Crippen LogP contribution in [0.4, 0.5) is 0 Å². The molecule has 0 saturated carbocycles. The zero-order valence-electron chi connectivity index (χ0n) is 5.54. The average Bonchev–Trinajstić information content (AvgIpc) is 1.83. The van der Waals surface area contributed by atoms with Crippen molar-refractivity contribution in [1.82, 2.24) is 5.32 Å². The van der Waals surface area contributed by atoms with Crippen molar-refractivity contribution in [3.8, 4) is 0 Å². The fourth-order valence-electron chi connectivity index (χ4n) is 0.272. The Bertz CT molecular complexity index is 285. The lowest BCUT2D eigenvalue weighted by Crippen LogP contribution is -2.47. The fourth-order valence-corrected chi connectivity index (χ4v) is 1.90. The van der Waals surface area contributed by atoms with Gasteiger partial charge in [0.2, 0.25) is 0 Å². The summed E-state index contributed by atoms with van der Waals surface area (Å²) in [7, 11) is -6.70. The number of hydrogen-bond acceptors (Lipinski definition) is 5. The molecule has 0 atom stereocenters. The van der Waals surface area contributed by atoms with E-state index < -0.39 is 29.0 Å². The maximum atomic E-state index is 10.3. The van der Waals surface area contributed by atoms with Crippen LogP contribution in [0.2, 0.25) is 0 Å². The van der Waals surface area contributed by atoms with E-state index in [0.29, 0.717) is 0 Å². The summed E-state index contributed by atoms with van der Waals surface area (Å²) in [6.45, 7) is 0. The van der Waals surface area contributed by atoms with E-state index in [2.05, 4.69) is 0 Å². The summed E-state index contributed by atoms with van der Waals surface area (Å²) in [6, 6.07) is 0. The third kappa shape index (κ3) is 4.37. The van der Waals surface area contributed by atoms with E-state index in [0.717, 1.165) is 0 Å². The van der Waals surface area contributed by atoms with E-state index in [-0.39, 0.29) is 0 Å². The summed E-state index contributed by atoms with van der Waals surface area (Å²) in [6.07, 6.45) is 0. The Kier molecular flexibility index (Phi) is 5.06. The molecule has 0 aromatic rings. The van der Waals surface area contributed by atoms with Crippen LogP contribution in [0.3, 0.4) is 0 Å². The topological polar surface area (TPSA) is 80.3 Å². The van der Waals surface area contributed by atoms with Crippen LogP contribution in [0.5, 0.6) is 0 Å². The summed E-state index contributed by atoms with van der Waals surface area (Å²) < 4.78 is 36.2. The van der Waals surface area contributed by atoms with Crippen LogP contribution in [0, 0.1) is 0 Å². The molecule has 0 amide bonds. The highest BCUT2D eigenvalue weighted by atomic mass is 35.5. The molecule has 1 N–H and O–H groups in total. The zero-order chi connectivity index (χ0) is 10.9. The molecule has 0 aromatic carbocycles. The molecule has 0 unspecified atom stereocenters. The maximum Gasteiger partial charge on any atom is 0.272 e. The van der Waals surface area contributed by atoms with Gasteiger partial charge >= 0.3 is 0 Å². The summed E-state index contributed by atoms with van der Waals surface area (Å²) in [5.74, 6) is 0. The molecule has 11 heteroatoms. The van der Waals surface area contributed by atoms with Crippen LogP contribution in [-0.4, -0.2) is 24.4 Å². The molecule has 0 heterocycles. The van der Waals surface area contributed by atoms with Gasteiger partial charge < -0.3 is 0 Å². The van der Waals surface area contributed by atoms with E-state index in [1.54, 1.807) is 5.32 Å². The SMILES string of the molecule is O=[SH](=O)C(Cl)(Cl)NC(Cl)(Cl)[SH](=O)=O. The minimum absolute atomic E-state index is 1.60. The maximum absolute atomic E-state index is 10.3. The van der Waals surface area contributed by atoms with Crippen LogP contribution in [0.15, 0.2) is 0 Å². The van der Waals surface area contributed by atoms with E-state index in [1.807, 2.05) is 0 Å². The summed E-state index contributed by atoms with van der Waals surface area (Å²) in [5, 5.41) is 1.60. The normalized spacial score (nSPS) is 14.0. The molecule has 0 spiro atoms. The van der Waals surface area contributed by atoms with Crippen molar-refractivity contribution >= 4 is 67.8 Å². The lowest BCUT2D eigenvalue weighted by atomic mass is 11.2. The van der Waals surface area contributed by atoms with Gasteiger partial charge in [0.15, 0.2) is 21.4 Å². The molecular weight excluding hydrogens is 308 g/mol. The number of thiol groups is 2. The molecule has 80 valence electrons. The van der Waals surface area contributed by atoms with Crippen LogP contribution in [-0.2, 0) is 21.4 Å². The first-order valence-corrected chi connectivity index (χ1v) is 6.30. The van der Waals surface area contributed by atoms with Gasteiger partial charge in [0, 0.05) is 0 Å². The molecule has 0 bridgehead atoms. The third-order valence-electron chi connectivity index (χ3n) is 0.759.